The molecule has 2 unspecified atom stereocenters. The van der Waals surface area contributed by atoms with Gasteiger partial charge in [0.2, 0.25) is 0 Å². The Hall–Kier alpha value is -2.75. The molecule has 2 aromatic carbocycles. The number of amides is 2. The molecule has 0 spiro atoms. The molecular weight excluding hydrogens is 298 g/mol. The van der Waals surface area contributed by atoms with E-state index in [2.05, 4.69) is 39.9 Å². The molecule has 0 aliphatic heterocycles. The van der Waals surface area contributed by atoms with Gasteiger partial charge in [-0.05, 0) is 30.0 Å². The van der Waals surface area contributed by atoms with E-state index in [9.17, 15) is 4.79 Å². The molecule has 0 bridgehead atoms. The Morgan fingerprint density at radius 2 is 1.88 bits per heavy atom. The second-order valence-electron chi connectivity index (χ2n) is 6.37. The van der Waals surface area contributed by atoms with Crippen LogP contribution in [0.3, 0.4) is 0 Å². The number of carbonyl (C=O) groups is 1. The molecule has 122 valence electrons. The largest absolute Gasteiger partial charge is 0.361 e. The SMILES string of the molecule is O=C(NCCc1c[nH]c2ccccc12)NC1CC1c1ccccc1. The van der Waals surface area contributed by atoms with Crippen LogP contribution in [-0.4, -0.2) is 23.6 Å². The van der Waals surface area contributed by atoms with E-state index in [1.165, 1.54) is 16.5 Å². The standard InChI is InChI=1S/C20H21N3O/c24-20(23-19-12-17(19)14-6-2-1-3-7-14)21-11-10-15-13-22-18-9-5-4-8-16(15)18/h1-9,13,17,19,22H,10-12H2,(H2,21,23,24). The van der Waals surface area contributed by atoms with Crippen LogP contribution >= 0.6 is 0 Å². The first kappa shape index (κ1) is 14.8. The van der Waals surface area contributed by atoms with E-state index >= 15 is 0 Å². The third kappa shape index (κ3) is 3.13. The van der Waals surface area contributed by atoms with Gasteiger partial charge in [-0.25, -0.2) is 4.79 Å². The number of aromatic amines is 1. The van der Waals surface area contributed by atoms with Gasteiger partial charge in [-0.15, -0.1) is 0 Å². The normalized spacial score (nSPS) is 19.2. The lowest BCUT2D eigenvalue weighted by atomic mass is 10.1. The molecular formula is C20H21N3O. The number of aromatic nitrogens is 1. The number of benzene rings is 2. The van der Waals surface area contributed by atoms with E-state index in [0.29, 0.717) is 12.5 Å². The van der Waals surface area contributed by atoms with Crippen LogP contribution in [0.15, 0.2) is 60.8 Å². The lowest BCUT2D eigenvalue weighted by molar-refractivity contribution is 0.240. The van der Waals surface area contributed by atoms with Gasteiger partial charge in [-0.3, -0.25) is 0 Å². The quantitative estimate of drug-likeness (QED) is 0.661. The maximum absolute atomic E-state index is 12.0. The van der Waals surface area contributed by atoms with Crippen molar-refractivity contribution in [3.63, 3.8) is 0 Å². The zero-order valence-corrected chi connectivity index (χ0v) is 13.5. The van der Waals surface area contributed by atoms with Gasteiger partial charge in [0, 0.05) is 35.6 Å². The maximum atomic E-state index is 12.0. The first-order valence-corrected chi connectivity index (χ1v) is 8.45. The van der Waals surface area contributed by atoms with E-state index in [1.54, 1.807) is 0 Å². The molecule has 2 amide bonds. The molecule has 4 nitrogen and oxygen atoms in total. The highest BCUT2D eigenvalue weighted by Gasteiger charge is 2.39. The van der Waals surface area contributed by atoms with Crippen LogP contribution < -0.4 is 10.6 Å². The number of urea groups is 1. The molecule has 1 aromatic heterocycles. The fourth-order valence-electron chi connectivity index (χ4n) is 3.29. The molecule has 1 aliphatic carbocycles. The minimum atomic E-state index is -0.0710. The monoisotopic (exact) mass is 319 g/mol. The van der Waals surface area contributed by atoms with Gasteiger partial charge >= 0.3 is 6.03 Å². The van der Waals surface area contributed by atoms with Crippen LogP contribution in [0.1, 0.15) is 23.5 Å². The topological polar surface area (TPSA) is 56.9 Å². The summed E-state index contributed by atoms with van der Waals surface area (Å²) >= 11 is 0. The summed E-state index contributed by atoms with van der Waals surface area (Å²) in [5, 5.41) is 7.25. The Kier molecular flexibility index (Phi) is 3.95. The van der Waals surface area contributed by atoms with E-state index in [-0.39, 0.29) is 12.1 Å². The minimum Gasteiger partial charge on any atom is -0.361 e. The zero-order valence-electron chi connectivity index (χ0n) is 13.5. The average molecular weight is 319 g/mol. The van der Waals surface area contributed by atoms with E-state index in [0.717, 1.165) is 18.4 Å². The van der Waals surface area contributed by atoms with Crippen molar-refractivity contribution in [2.24, 2.45) is 0 Å². The number of H-pyrrole nitrogens is 1. The van der Waals surface area contributed by atoms with Gasteiger partial charge in [-0.2, -0.15) is 0 Å². The van der Waals surface area contributed by atoms with Gasteiger partial charge < -0.3 is 15.6 Å². The van der Waals surface area contributed by atoms with E-state index in [4.69, 9.17) is 0 Å². The van der Waals surface area contributed by atoms with Crippen molar-refractivity contribution in [3.05, 3.63) is 71.9 Å². The smallest absolute Gasteiger partial charge is 0.315 e. The Morgan fingerprint density at radius 1 is 1.08 bits per heavy atom. The van der Waals surface area contributed by atoms with Crippen LogP contribution in [0.25, 0.3) is 10.9 Å². The summed E-state index contributed by atoms with van der Waals surface area (Å²) in [6.07, 6.45) is 3.88. The lowest BCUT2D eigenvalue weighted by Crippen LogP contribution is -2.38. The van der Waals surface area contributed by atoms with E-state index in [1.807, 2.05) is 36.5 Å². The fourth-order valence-corrected chi connectivity index (χ4v) is 3.29. The van der Waals surface area contributed by atoms with Crippen molar-refractivity contribution in [2.45, 2.75) is 24.8 Å². The summed E-state index contributed by atoms with van der Waals surface area (Å²) in [4.78, 5) is 15.3. The summed E-state index contributed by atoms with van der Waals surface area (Å²) < 4.78 is 0. The Labute approximate surface area is 141 Å². The first-order chi connectivity index (χ1) is 11.8. The number of hydrogen-bond acceptors (Lipinski definition) is 1. The van der Waals surface area contributed by atoms with Crippen LogP contribution in [0, 0.1) is 0 Å². The third-order valence-electron chi connectivity index (χ3n) is 4.69. The summed E-state index contributed by atoms with van der Waals surface area (Å²) in [6, 6.07) is 18.8. The van der Waals surface area contributed by atoms with Gasteiger partial charge in [0.15, 0.2) is 0 Å². The number of nitrogens with one attached hydrogen (secondary N) is 3. The molecule has 1 aliphatic rings. The first-order valence-electron chi connectivity index (χ1n) is 8.45. The number of hydrogen-bond donors (Lipinski definition) is 3. The predicted octanol–water partition coefficient (Wildman–Crippen LogP) is 3.57. The molecule has 1 fully saturated rings. The Morgan fingerprint density at radius 3 is 2.75 bits per heavy atom. The Bertz CT molecular complexity index is 840. The molecule has 2 atom stereocenters. The van der Waals surface area contributed by atoms with Crippen molar-refractivity contribution in [1.82, 2.24) is 15.6 Å². The predicted molar refractivity (Wildman–Crippen MR) is 96.1 cm³/mol. The molecule has 4 rings (SSSR count). The fraction of sp³-hybridized carbons (Fsp3) is 0.250. The van der Waals surface area contributed by atoms with Crippen molar-refractivity contribution in [3.8, 4) is 0 Å². The summed E-state index contributed by atoms with van der Waals surface area (Å²) in [5.74, 6) is 0.463. The molecule has 4 heteroatoms. The Balaban J connectivity index is 1.25. The lowest BCUT2D eigenvalue weighted by Gasteiger charge is -2.07. The highest BCUT2D eigenvalue weighted by atomic mass is 16.2. The molecule has 3 aromatic rings. The molecule has 0 radical (unpaired) electrons. The van der Waals surface area contributed by atoms with Gasteiger partial charge in [0.1, 0.15) is 0 Å². The third-order valence-corrected chi connectivity index (χ3v) is 4.69. The number of fused-ring (bicyclic) bond motifs is 1. The van der Waals surface area contributed by atoms with Crippen LogP contribution in [0.5, 0.6) is 0 Å². The molecule has 1 heterocycles. The van der Waals surface area contributed by atoms with Gasteiger partial charge in [0.25, 0.3) is 0 Å². The van der Waals surface area contributed by atoms with Gasteiger partial charge in [0.05, 0.1) is 0 Å². The van der Waals surface area contributed by atoms with Crippen molar-refractivity contribution in [2.75, 3.05) is 6.54 Å². The number of para-hydroxylation sites is 1. The number of carbonyl (C=O) groups excluding carboxylic acids is 1. The summed E-state index contributed by atoms with van der Waals surface area (Å²) in [7, 11) is 0. The second-order valence-corrected chi connectivity index (χ2v) is 6.37. The maximum Gasteiger partial charge on any atom is 0.315 e. The summed E-state index contributed by atoms with van der Waals surface area (Å²) in [6.45, 7) is 0.635. The van der Waals surface area contributed by atoms with E-state index < -0.39 is 0 Å². The summed E-state index contributed by atoms with van der Waals surface area (Å²) in [5.41, 5.74) is 3.68. The highest BCUT2D eigenvalue weighted by Crippen LogP contribution is 2.40. The van der Waals surface area contributed by atoms with Gasteiger partial charge in [-0.1, -0.05) is 48.5 Å². The average Bonchev–Trinajstić information content (AvgIpc) is 3.26. The number of rotatable bonds is 5. The molecule has 3 N–H and O–H groups in total. The van der Waals surface area contributed by atoms with Crippen LogP contribution in [0.4, 0.5) is 4.79 Å². The molecule has 24 heavy (non-hydrogen) atoms. The van der Waals surface area contributed by atoms with Crippen molar-refractivity contribution >= 4 is 16.9 Å². The zero-order chi connectivity index (χ0) is 16.4. The highest BCUT2D eigenvalue weighted by molar-refractivity contribution is 5.83. The van der Waals surface area contributed by atoms with Crippen LogP contribution in [0.2, 0.25) is 0 Å². The van der Waals surface area contributed by atoms with Crippen molar-refractivity contribution in [1.29, 1.82) is 0 Å². The molecule has 1 saturated carbocycles. The van der Waals surface area contributed by atoms with Crippen LogP contribution in [-0.2, 0) is 6.42 Å². The second kappa shape index (κ2) is 6.40. The minimum absolute atomic E-state index is 0.0710. The van der Waals surface area contributed by atoms with Crippen molar-refractivity contribution < 1.29 is 4.79 Å². The molecule has 0 saturated heterocycles.